The Balaban J connectivity index is 1.56. The Labute approximate surface area is 217 Å². The second-order valence-electron chi connectivity index (χ2n) is 8.89. The minimum Gasteiger partial charge on any atom is -0.379 e. The van der Waals surface area contributed by atoms with Crippen molar-refractivity contribution in [2.45, 2.75) is 13.1 Å². The zero-order chi connectivity index (χ0) is 25.9. The number of ether oxygens (including phenoxy) is 1. The summed E-state index contributed by atoms with van der Waals surface area (Å²) in [6.45, 7) is 3.61. The summed E-state index contributed by atoms with van der Waals surface area (Å²) in [5.74, 6) is -2.13. The van der Waals surface area contributed by atoms with E-state index in [0.29, 0.717) is 30.3 Å². The molecule has 3 aromatic carbocycles. The Morgan fingerprint density at radius 2 is 1.70 bits per heavy atom. The first kappa shape index (κ1) is 25.1. The molecule has 6 nitrogen and oxygen atoms in total. The molecule has 1 aliphatic rings. The minimum atomic E-state index is -0.810. The van der Waals surface area contributed by atoms with Crippen molar-refractivity contribution in [3.63, 3.8) is 0 Å². The van der Waals surface area contributed by atoms with Gasteiger partial charge >= 0.3 is 0 Å². The van der Waals surface area contributed by atoms with Gasteiger partial charge in [0.25, 0.3) is 5.91 Å². The molecule has 9 heteroatoms. The van der Waals surface area contributed by atoms with E-state index in [0.717, 1.165) is 36.3 Å². The number of nitrogens with zero attached hydrogens (tertiary/aromatic N) is 2. The molecule has 1 N–H and O–H groups in total. The van der Waals surface area contributed by atoms with Gasteiger partial charge in [0.1, 0.15) is 17.2 Å². The number of hydrogen-bond acceptors (Lipinski definition) is 4. The molecular weight excluding hydrogens is 500 g/mol. The number of halogens is 3. The minimum absolute atomic E-state index is 0.0269. The van der Waals surface area contributed by atoms with Crippen molar-refractivity contribution in [2.75, 3.05) is 26.3 Å². The van der Waals surface area contributed by atoms with Gasteiger partial charge in [0.2, 0.25) is 5.43 Å². The Hall–Kier alpha value is -3.59. The quantitative estimate of drug-likeness (QED) is 0.398. The van der Waals surface area contributed by atoms with Crippen LogP contribution >= 0.6 is 11.6 Å². The summed E-state index contributed by atoms with van der Waals surface area (Å²) in [4.78, 5) is 28.9. The molecule has 5 rings (SSSR count). The van der Waals surface area contributed by atoms with E-state index in [1.807, 2.05) is 6.07 Å². The monoisotopic (exact) mass is 523 g/mol. The molecule has 2 heterocycles. The lowest BCUT2D eigenvalue weighted by Gasteiger charge is -2.26. The van der Waals surface area contributed by atoms with Gasteiger partial charge in [0, 0.05) is 48.9 Å². The van der Waals surface area contributed by atoms with Crippen LogP contribution in [0.1, 0.15) is 21.5 Å². The predicted octanol–water partition coefficient (Wildman–Crippen LogP) is 4.68. The number of aromatic nitrogens is 1. The van der Waals surface area contributed by atoms with E-state index >= 15 is 0 Å². The van der Waals surface area contributed by atoms with E-state index < -0.39 is 23.0 Å². The van der Waals surface area contributed by atoms with E-state index in [2.05, 4.69) is 10.2 Å². The van der Waals surface area contributed by atoms with Gasteiger partial charge in [-0.05, 0) is 47.5 Å². The van der Waals surface area contributed by atoms with Crippen molar-refractivity contribution in [3.8, 4) is 5.69 Å². The number of pyridine rings is 1. The zero-order valence-electron chi connectivity index (χ0n) is 19.8. The molecule has 0 spiro atoms. The van der Waals surface area contributed by atoms with E-state index in [9.17, 15) is 18.4 Å². The molecule has 1 amide bonds. The number of rotatable bonds is 6. The second-order valence-corrected chi connectivity index (χ2v) is 9.32. The van der Waals surface area contributed by atoms with Gasteiger partial charge in [-0.3, -0.25) is 14.5 Å². The Bertz CT molecular complexity index is 1520. The fraction of sp³-hybridized carbons (Fsp3) is 0.214. The van der Waals surface area contributed by atoms with Crippen LogP contribution in [0.5, 0.6) is 0 Å². The van der Waals surface area contributed by atoms with Crippen molar-refractivity contribution in [1.29, 1.82) is 0 Å². The van der Waals surface area contributed by atoms with Crippen LogP contribution in [0.25, 0.3) is 16.6 Å². The van der Waals surface area contributed by atoms with Gasteiger partial charge in [0.15, 0.2) is 0 Å². The molecule has 0 unspecified atom stereocenters. The number of amides is 1. The van der Waals surface area contributed by atoms with Gasteiger partial charge in [0.05, 0.1) is 24.4 Å². The number of fused-ring (bicyclic) bond motifs is 1. The van der Waals surface area contributed by atoms with Crippen LogP contribution in [0, 0.1) is 11.6 Å². The summed E-state index contributed by atoms with van der Waals surface area (Å²) in [5, 5.41) is 3.59. The van der Waals surface area contributed by atoms with E-state index in [1.165, 1.54) is 16.8 Å². The lowest BCUT2D eigenvalue weighted by Crippen LogP contribution is -2.35. The van der Waals surface area contributed by atoms with E-state index in [1.54, 1.807) is 36.4 Å². The normalized spacial score (nSPS) is 14.1. The second kappa shape index (κ2) is 10.8. The maximum absolute atomic E-state index is 14.8. The van der Waals surface area contributed by atoms with Crippen molar-refractivity contribution < 1.29 is 18.3 Å². The van der Waals surface area contributed by atoms with Crippen molar-refractivity contribution in [3.05, 3.63) is 110 Å². The lowest BCUT2D eigenvalue weighted by molar-refractivity contribution is 0.0342. The average Bonchev–Trinajstić information content (AvgIpc) is 2.90. The van der Waals surface area contributed by atoms with Gasteiger partial charge < -0.3 is 14.6 Å². The Kier molecular flexibility index (Phi) is 7.32. The van der Waals surface area contributed by atoms with Crippen LogP contribution in [0.2, 0.25) is 5.02 Å². The number of carbonyl (C=O) groups is 1. The molecule has 1 fully saturated rings. The third-order valence-corrected chi connectivity index (χ3v) is 6.61. The van der Waals surface area contributed by atoms with Gasteiger partial charge in [-0.15, -0.1) is 0 Å². The molecule has 0 saturated carbocycles. The first-order valence-corrected chi connectivity index (χ1v) is 12.2. The molecule has 1 aliphatic heterocycles. The summed E-state index contributed by atoms with van der Waals surface area (Å²) >= 11 is 5.92. The van der Waals surface area contributed by atoms with Crippen molar-refractivity contribution in [2.24, 2.45) is 0 Å². The van der Waals surface area contributed by atoms with E-state index in [4.69, 9.17) is 16.3 Å². The van der Waals surface area contributed by atoms with E-state index in [-0.39, 0.29) is 23.2 Å². The van der Waals surface area contributed by atoms with Crippen LogP contribution in [0.4, 0.5) is 8.78 Å². The summed E-state index contributed by atoms with van der Waals surface area (Å²) in [5.41, 5.74) is 1.52. The number of hydrogen-bond donors (Lipinski definition) is 1. The first-order valence-electron chi connectivity index (χ1n) is 11.9. The number of nitrogens with one attached hydrogen (secondary N) is 1. The average molecular weight is 524 g/mol. The Morgan fingerprint density at radius 1 is 0.973 bits per heavy atom. The molecule has 190 valence electrons. The third kappa shape index (κ3) is 5.56. The summed E-state index contributed by atoms with van der Waals surface area (Å²) < 4.78 is 35.3. The van der Waals surface area contributed by atoms with Gasteiger partial charge in [-0.1, -0.05) is 29.8 Å². The van der Waals surface area contributed by atoms with Crippen LogP contribution in [-0.4, -0.2) is 41.7 Å². The smallest absolute Gasteiger partial charge is 0.257 e. The van der Waals surface area contributed by atoms with Crippen LogP contribution < -0.4 is 10.7 Å². The number of carbonyl (C=O) groups excluding carboxylic acids is 1. The SMILES string of the molecule is O=C(NCc1ccc(Cl)cc1)c1cn(-c2ccc(F)cc2F)c2ccc(CN3CCOCC3)cc2c1=O. The standard InChI is InChI=1S/C28H24ClF2N3O3/c29-20-4-1-18(2-5-20)15-32-28(36)23-17-34(26-8-6-21(30)14-24(26)31)25-7-3-19(13-22(25)27(23)35)16-33-9-11-37-12-10-33/h1-8,13-14,17H,9-12,15-16H2,(H,32,36). The molecule has 0 atom stereocenters. The topological polar surface area (TPSA) is 63.6 Å². The first-order chi connectivity index (χ1) is 17.9. The maximum atomic E-state index is 14.8. The van der Waals surface area contributed by atoms with Crippen LogP contribution in [0.15, 0.2) is 71.7 Å². The fourth-order valence-electron chi connectivity index (χ4n) is 4.41. The zero-order valence-corrected chi connectivity index (χ0v) is 20.6. The summed E-state index contributed by atoms with van der Waals surface area (Å²) in [6, 6.07) is 15.5. The lowest BCUT2D eigenvalue weighted by atomic mass is 10.1. The summed E-state index contributed by atoms with van der Waals surface area (Å²) in [6.07, 6.45) is 1.31. The predicted molar refractivity (Wildman–Crippen MR) is 138 cm³/mol. The maximum Gasteiger partial charge on any atom is 0.257 e. The molecular formula is C28H24ClF2N3O3. The van der Waals surface area contributed by atoms with Crippen molar-refractivity contribution in [1.82, 2.24) is 14.8 Å². The third-order valence-electron chi connectivity index (χ3n) is 6.36. The molecule has 0 bridgehead atoms. The number of morpholine rings is 1. The molecule has 0 aliphatic carbocycles. The highest BCUT2D eigenvalue weighted by Crippen LogP contribution is 2.23. The highest BCUT2D eigenvalue weighted by molar-refractivity contribution is 6.30. The van der Waals surface area contributed by atoms with Crippen LogP contribution in [-0.2, 0) is 17.8 Å². The highest BCUT2D eigenvalue weighted by Gasteiger charge is 2.19. The fourth-order valence-corrected chi connectivity index (χ4v) is 4.54. The Morgan fingerprint density at radius 3 is 2.43 bits per heavy atom. The van der Waals surface area contributed by atoms with Crippen LogP contribution in [0.3, 0.4) is 0 Å². The molecule has 1 aromatic heterocycles. The number of benzene rings is 3. The van der Waals surface area contributed by atoms with Gasteiger partial charge in [-0.2, -0.15) is 0 Å². The molecule has 37 heavy (non-hydrogen) atoms. The molecule has 4 aromatic rings. The molecule has 0 radical (unpaired) electrons. The van der Waals surface area contributed by atoms with Crippen molar-refractivity contribution >= 4 is 28.4 Å². The van der Waals surface area contributed by atoms with Gasteiger partial charge in [-0.25, -0.2) is 8.78 Å². The summed E-state index contributed by atoms with van der Waals surface area (Å²) in [7, 11) is 0. The highest BCUT2D eigenvalue weighted by atomic mass is 35.5. The largest absolute Gasteiger partial charge is 0.379 e. The molecule has 1 saturated heterocycles.